The fraction of sp³-hybridized carbons (Fsp3) is 0.0769. The van der Waals surface area contributed by atoms with Gasteiger partial charge in [-0.15, -0.1) is 0 Å². The monoisotopic (exact) mass is 260 g/mol. The van der Waals surface area contributed by atoms with Crippen molar-refractivity contribution in [2.45, 2.75) is 0 Å². The van der Waals surface area contributed by atoms with Crippen LogP contribution in [0.4, 0.5) is 15.8 Å². The number of benzene rings is 1. The fourth-order valence-corrected chi connectivity index (χ4v) is 1.65. The Labute approximate surface area is 109 Å². The van der Waals surface area contributed by atoms with Gasteiger partial charge in [-0.3, -0.25) is 4.98 Å². The number of aromatic nitrogens is 1. The summed E-state index contributed by atoms with van der Waals surface area (Å²) in [5, 5.41) is 11.4. The molecule has 98 valence electrons. The van der Waals surface area contributed by atoms with Crippen molar-refractivity contribution in [2.24, 2.45) is 10.9 Å². The maximum Gasteiger partial charge on any atom is 0.188 e. The first-order chi connectivity index (χ1) is 9.13. The van der Waals surface area contributed by atoms with E-state index in [9.17, 15) is 4.39 Å². The van der Waals surface area contributed by atoms with E-state index in [4.69, 9.17) is 10.9 Å². The van der Waals surface area contributed by atoms with Crippen molar-refractivity contribution >= 4 is 17.2 Å². The highest BCUT2D eigenvalue weighted by Gasteiger charge is 2.09. The number of anilines is 2. The van der Waals surface area contributed by atoms with Gasteiger partial charge in [0.05, 0.1) is 17.6 Å². The molecule has 0 spiro atoms. The molecule has 0 aliphatic heterocycles. The molecule has 1 aromatic carbocycles. The molecule has 1 aromatic heterocycles. The number of pyridine rings is 1. The minimum absolute atomic E-state index is 0.0694. The molecule has 2 aromatic rings. The lowest BCUT2D eigenvalue weighted by atomic mass is 10.2. The number of nitrogens with zero attached hydrogens (tertiary/aromatic N) is 3. The van der Waals surface area contributed by atoms with Gasteiger partial charge in [0.25, 0.3) is 0 Å². The standard InChI is InChI=1S/C13H13FN4O/c1-18(12-5-3-2-4-10(12)14)9-6-7-11(16-8-9)13(15)17-19/h2-8,19H,1H3,(H2,15,17). The van der Waals surface area contributed by atoms with Crippen molar-refractivity contribution in [2.75, 3.05) is 11.9 Å². The van der Waals surface area contributed by atoms with E-state index in [2.05, 4.69) is 10.1 Å². The predicted octanol–water partition coefficient (Wildman–Crippen LogP) is 2.08. The van der Waals surface area contributed by atoms with Crippen LogP contribution in [0.5, 0.6) is 0 Å². The van der Waals surface area contributed by atoms with Gasteiger partial charge in [0.1, 0.15) is 11.5 Å². The molecule has 19 heavy (non-hydrogen) atoms. The zero-order valence-electron chi connectivity index (χ0n) is 10.3. The van der Waals surface area contributed by atoms with Crippen molar-refractivity contribution < 1.29 is 9.60 Å². The molecule has 0 radical (unpaired) electrons. The minimum atomic E-state index is -0.314. The normalized spacial score (nSPS) is 11.4. The largest absolute Gasteiger partial charge is 0.409 e. The van der Waals surface area contributed by atoms with Gasteiger partial charge in [-0.05, 0) is 24.3 Å². The van der Waals surface area contributed by atoms with Crippen LogP contribution in [0.2, 0.25) is 0 Å². The van der Waals surface area contributed by atoms with Crippen molar-refractivity contribution in [1.29, 1.82) is 0 Å². The molecule has 1 heterocycles. The van der Waals surface area contributed by atoms with E-state index >= 15 is 0 Å². The Morgan fingerprint density at radius 2 is 2.05 bits per heavy atom. The third-order valence-electron chi connectivity index (χ3n) is 2.72. The number of hydrogen-bond acceptors (Lipinski definition) is 4. The summed E-state index contributed by atoms with van der Waals surface area (Å²) in [4.78, 5) is 5.71. The Hall–Kier alpha value is -2.63. The summed E-state index contributed by atoms with van der Waals surface area (Å²) < 4.78 is 13.7. The molecule has 0 fully saturated rings. The second kappa shape index (κ2) is 5.34. The first kappa shape index (κ1) is 12.8. The molecule has 0 bridgehead atoms. The molecule has 0 atom stereocenters. The third kappa shape index (κ3) is 2.62. The number of oxime groups is 1. The molecule has 0 unspecified atom stereocenters. The Morgan fingerprint density at radius 1 is 1.32 bits per heavy atom. The zero-order valence-corrected chi connectivity index (χ0v) is 10.3. The molecule has 0 aliphatic carbocycles. The molecular formula is C13H13FN4O. The highest BCUT2D eigenvalue weighted by atomic mass is 19.1. The van der Waals surface area contributed by atoms with Crippen molar-refractivity contribution in [3.8, 4) is 0 Å². The molecule has 0 saturated heterocycles. The lowest BCUT2D eigenvalue weighted by molar-refractivity contribution is 0.318. The van der Waals surface area contributed by atoms with Gasteiger partial charge in [-0.2, -0.15) is 0 Å². The average molecular weight is 260 g/mol. The van der Waals surface area contributed by atoms with Crippen LogP contribution in [-0.2, 0) is 0 Å². The SMILES string of the molecule is CN(c1ccc(/C(N)=N/O)nc1)c1ccccc1F. The van der Waals surface area contributed by atoms with Gasteiger partial charge < -0.3 is 15.8 Å². The number of hydrogen-bond donors (Lipinski definition) is 2. The number of para-hydroxylation sites is 1. The van der Waals surface area contributed by atoms with Gasteiger partial charge in [-0.25, -0.2) is 4.39 Å². The van der Waals surface area contributed by atoms with Crippen LogP contribution in [0.1, 0.15) is 5.69 Å². The van der Waals surface area contributed by atoms with Crippen LogP contribution in [0, 0.1) is 5.82 Å². The highest BCUT2D eigenvalue weighted by molar-refractivity contribution is 5.95. The van der Waals surface area contributed by atoms with Crippen LogP contribution in [-0.4, -0.2) is 23.1 Å². The van der Waals surface area contributed by atoms with Gasteiger partial charge in [0, 0.05) is 7.05 Å². The third-order valence-corrected chi connectivity index (χ3v) is 2.72. The first-order valence-corrected chi connectivity index (χ1v) is 5.55. The summed E-state index contributed by atoms with van der Waals surface area (Å²) in [5.41, 5.74) is 6.91. The van der Waals surface area contributed by atoms with E-state index in [-0.39, 0.29) is 11.7 Å². The first-order valence-electron chi connectivity index (χ1n) is 5.55. The smallest absolute Gasteiger partial charge is 0.188 e. The summed E-state index contributed by atoms with van der Waals surface area (Å²) in [5.74, 6) is -0.384. The number of amidine groups is 1. The number of nitrogens with two attached hydrogens (primary N) is 1. The van der Waals surface area contributed by atoms with Crippen molar-refractivity contribution in [3.05, 3.63) is 54.1 Å². The van der Waals surface area contributed by atoms with E-state index in [0.717, 1.165) is 0 Å². The Balaban J connectivity index is 2.30. The maximum absolute atomic E-state index is 13.7. The zero-order chi connectivity index (χ0) is 13.8. The molecule has 5 nitrogen and oxygen atoms in total. The second-order valence-corrected chi connectivity index (χ2v) is 3.90. The molecule has 3 N–H and O–H groups in total. The van der Waals surface area contributed by atoms with Crippen LogP contribution in [0.25, 0.3) is 0 Å². The van der Waals surface area contributed by atoms with Crippen LogP contribution in [0.3, 0.4) is 0 Å². The highest BCUT2D eigenvalue weighted by Crippen LogP contribution is 2.25. The molecule has 0 amide bonds. The average Bonchev–Trinajstić information content (AvgIpc) is 2.46. The van der Waals surface area contributed by atoms with Crippen LogP contribution in [0.15, 0.2) is 47.8 Å². The quantitative estimate of drug-likeness (QED) is 0.383. The predicted molar refractivity (Wildman–Crippen MR) is 71.2 cm³/mol. The summed E-state index contributed by atoms with van der Waals surface area (Å²) in [6.07, 6.45) is 1.53. The number of halogens is 1. The fourth-order valence-electron chi connectivity index (χ4n) is 1.65. The van der Waals surface area contributed by atoms with Gasteiger partial charge >= 0.3 is 0 Å². The molecule has 2 rings (SSSR count). The van der Waals surface area contributed by atoms with Gasteiger partial charge in [-0.1, -0.05) is 17.3 Å². The van der Waals surface area contributed by atoms with Gasteiger partial charge in [0.2, 0.25) is 0 Å². The van der Waals surface area contributed by atoms with E-state index in [1.165, 1.54) is 12.3 Å². The van der Waals surface area contributed by atoms with E-state index in [1.54, 1.807) is 42.3 Å². The van der Waals surface area contributed by atoms with Gasteiger partial charge in [0.15, 0.2) is 5.84 Å². The molecule has 0 saturated carbocycles. The summed E-state index contributed by atoms with van der Waals surface area (Å²) in [7, 11) is 1.73. The maximum atomic E-state index is 13.7. The van der Waals surface area contributed by atoms with Crippen molar-refractivity contribution in [1.82, 2.24) is 4.98 Å². The van der Waals surface area contributed by atoms with Crippen molar-refractivity contribution in [3.63, 3.8) is 0 Å². The van der Waals surface area contributed by atoms with E-state index < -0.39 is 0 Å². The van der Waals surface area contributed by atoms with E-state index in [0.29, 0.717) is 17.1 Å². The van der Waals surface area contributed by atoms with E-state index in [1.807, 2.05) is 0 Å². The Bertz CT molecular complexity index is 598. The molecular weight excluding hydrogens is 247 g/mol. The molecule has 6 heteroatoms. The molecule has 0 aliphatic rings. The lowest BCUT2D eigenvalue weighted by Crippen LogP contribution is -2.16. The number of rotatable bonds is 3. The van der Waals surface area contributed by atoms with Crippen LogP contribution >= 0.6 is 0 Å². The Kier molecular flexibility index (Phi) is 3.61. The summed E-state index contributed by atoms with van der Waals surface area (Å²) in [6.45, 7) is 0. The second-order valence-electron chi connectivity index (χ2n) is 3.90. The topological polar surface area (TPSA) is 74.7 Å². The summed E-state index contributed by atoms with van der Waals surface area (Å²) >= 11 is 0. The lowest BCUT2D eigenvalue weighted by Gasteiger charge is -2.19. The summed E-state index contributed by atoms with van der Waals surface area (Å²) in [6, 6.07) is 9.77. The van der Waals surface area contributed by atoms with Crippen LogP contribution < -0.4 is 10.6 Å². The minimum Gasteiger partial charge on any atom is -0.409 e. The Morgan fingerprint density at radius 3 is 2.63 bits per heavy atom.